The highest BCUT2D eigenvalue weighted by molar-refractivity contribution is 5.85. The Bertz CT molecular complexity index is 592. The summed E-state index contributed by atoms with van der Waals surface area (Å²) >= 11 is 0. The molecule has 1 heterocycles. The Kier molecular flexibility index (Phi) is 6.52. The van der Waals surface area contributed by atoms with Crippen molar-refractivity contribution in [2.24, 2.45) is 5.41 Å². The van der Waals surface area contributed by atoms with Gasteiger partial charge in [0.1, 0.15) is 0 Å². The number of fused-ring (bicyclic) bond motifs is 1. The van der Waals surface area contributed by atoms with Gasteiger partial charge in [-0.3, -0.25) is 4.79 Å². The van der Waals surface area contributed by atoms with E-state index in [1.165, 1.54) is 11.1 Å². The van der Waals surface area contributed by atoms with E-state index in [1.807, 2.05) is 0 Å². The molecular weight excluding hydrogens is 336 g/mol. The molecule has 1 aromatic carbocycles. The van der Waals surface area contributed by atoms with Crippen molar-refractivity contribution in [1.82, 2.24) is 10.6 Å². The number of amides is 1. The lowest BCUT2D eigenvalue weighted by molar-refractivity contribution is -0.137. The highest BCUT2D eigenvalue weighted by Crippen LogP contribution is 2.42. The molecule has 1 unspecified atom stereocenters. The number of halogens is 1. The number of hydrogen-bond acceptors (Lipinski definition) is 3. The maximum absolute atomic E-state index is 13.1. The summed E-state index contributed by atoms with van der Waals surface area (Å²) in [5, 5.41) is 6.71. The molecule has 25 heavy (non-hydrogen) atoms. The van der Waals surface area contributed by atoms with Crippen molar-refractivity contribution < 1.29 is 9.53 Å². The van der Waals surface area contributed by atoms with Crippen LogP contribution in [0.25, 0.3) is 0 Å². The fraction of sp³-hybridized carbons (Fsp3) is 0.650. The second-order valence-electron chi connectivity index (χ2n) is 8.00. The Hall–Kier alpha value is -1.10. The molecule has 1 saturated heterocycles. The monoisotopic (exact) mass is 366 g/mol. The molecule has 1 aromatic rings. The zero-order valence-corrected chi connectivity index (χ0v) is 16.4. The van der Waals surface area contributed by atoms with Gasteiger partial charge in [-0.1, -0.05) is 38.1 Å². The molecule has 1 fully saturated rings. The fourth-order valence-electron chi connectivity index (χ4n) is 4.29. The summed E-state index contributed by atoms with van der Waals surface area (Å²) < 4.78 is 5.41. The van der Waals surface area contributed by atoms with Crippen LogP contribution < -0.4 is 10.6 Å². The van der Waals surface area contributed by atoms with Crippen LogP contribution >= 0.6 is 12.4 Å². The number of carbonyl (C=O) groups excluding carboxylic acids is 1. The molecule has 5 heteroatoms. The molecule has 140 valence electrons. The molecule has 1 atom stereocenters. The third-order valence-electron chi connectivity index (χ3n) is 5.89. The fourth-order valence-corrected chi connectivity index (χ4v) is 4.29. The molecule has 2 aliphatic rings. The Labute approximate surface area is 157 Å². The molecule has 0 saturated carbocycles. The predicted molar refractivity (Wildman–Crippen MR) is 103 cm³/mol. The zero-order chi connectivity index (χ0) is 17.2. The minimum absolute atomic E-state index is 0. The van der Waals surface area contributed by atoms with Crippen LogP contribution in [0.5, 0.6) is 0 Å². The number of methoxy groups -OCH3 is 1. The maximum Gasteiger partial charge on any atom is 0.229 e. The largest absolute Gasteiger partial charge is 0.384 e. The SMILES string of the molecule is COCC1(C(=O)NC2CCC(C)(C)c3ccccc32)CCNCC1.Cl. The summed E-state index contributed by atoms with van der Waals surface area (Å²) in [7, 11) is 1.69. The molecule has 3 rings (SSSR count). The van der Waals surface area contributed by atoms with Crippen LogP contribution in [-0.4, -0.2) is 32.7 Å². The molecule has 0 aromatic heterocycles. The third kappa shape index (κ3) is 4.02. The van der Waals surface area contributed by atoms with E-state index in [-0.39, 0.29) is 35.2 Å². The standard InChI is InChI=1S/C20H30N2O2.ClH/c1-19(2)9-8-17(15-6-4-5-7-16(15)19)22-18(23)20(14-24-3)10-12-21-13-11-20;/h4-7,17,21H,8-14H2,1-3H3,(H,22,23);1H. The van der Waals surface area contributed by atoms with E-state index in [0.29, 0.717) is 6.61 Å². The first-order chi connectivity index (χ1) is 11.5. The molecule has 2 N–H and O–H groups in total. The average Bonchev–Trinajstić information content (AvgIpc) is 2.59. The molecule has 4 nitrogen and oxygen atoms in total. The van der Waals surface area contributed by atoms with Crippen molar-refractivity contribution >= 4 is 18.3 Å². The van der Waals surface area contributed by atoms with Crippen molar-refractivity contribution in [2.75, 3.05) is 26.8 Å². The summed E-state index contributed by atoms with van der Waals surface area (Å²) in [6, 6.07) is 8.68. The minimum Gasteiger partial charge on any atom is -0.384 e. The average molecular weight is 367 g/mol. The van der Waals surface area contributed by atoms with Gasteiger partial charge in [0, 0.05) is 7.11 Å². The number of benzene rings is 1. The molecule has 0 bridgehead atoms. The summed E-state index contributed by atoms with van der Waals surface area (Å²) in [5.74, 6) is 0.158. The van der Waals surface area contributed by atoms with Gasteiger partial charge in [0.15, 0.2) is 0 Å². The van der Waals surface area contributed by atoms with Gasteiger partial charge in [0.2, 0.25) is 5.91 Å². The molecule has 0 radical (unpaired) electrons. The first-order valence-corrected chi connectivity index (χ1v) is 9.09. The second kappa shape index (κ2) is 8.07. The van der Waals surface area contributed by atoms with Crippen LogP contribution in [0.4, 0.5) is 0 Å². The first-order valence-electron chi connectivity index (χ1n) is 9.09. The van der Waals surface area contributed by atoms with Crippen LogP contribution in [-0.2, 0) is 14.9 Å². The lowest BCUT2D eigenvalue weighted by Gasteiger charge is -2.40. The topological polar surface area (TPSA) is 50.4 Å². The number of piperidine rings is 1. The highest BCUT2D eigenvalue weighted by atomic mass is 35.5. The maximum atomic E-state index is 13.1. The van der Waals surface area contributed by atoms with Crippen molar-refractivity contribution in [3.8, 4) is 0 Å². The summed E-state index contributed by atoms with van der Waals surface area (Å²) in [4.78, 5) is 13.1. The van der Waals surface area contributed by atoms with Gasteiger partial charge in [-0.2, -0.15) is 0 Å². The van der Waals surface area contributed by atoms with E-state index in [2.05, 4.69) is 48.7 Å². The summed E-state index contributed by atoms with van der Waals surface area (Å²) in [6.07, 6.45) is 3.77. The highest BCUT2D eigenvalue weighted by Gasteiger charge is 2.42. The third-order valence-corrected chi connectivity index (χ3v) is 5.89. The van der Waals surface area contributed by atoms with Crippen molar-refractivity contribution in [2.45, 2.75) is 51.0 Å². The van der Waals surface area contributed by atoms with Gasteiger partial charge in [-0.05, 0) is 55.3 Å². The van der Waals surface area contributed by atoms with E-state index in [0.717, 1.165) is 38.8 Å². The lowest BCUT2D eigenvalue weighted by Crippen LogP contribution is -2.51. The number of carbonyl (C=O) groups is 1. The molecule has 0 spiro atoms. The van der Waals surface area contributed by atoms with Gasteiger partial charge in [-0.15, -0.1) is 12.4 Å². The van der Waals surface area contributed by atoms with Gasteiger partial charge >= 0.3 is 0 Å². The second-order valence-corrected chi connectivity index (χ2v) is 8.00. The molecule has 1 amide bonds. The smallest absolute Gasteiger partial charge is 0.229 e. The Morgan fingerprint density at radius 3 is 2.60 bits per heavy atom. The van der Waals surface area contributed by atoms with E-state index in [9.17, 15) is 4.79 Å². The van der Waals surface area contributed by atoms with Crippen LogP contribution in [0.3, 0.4) is 0 Å². The number of ether oxygens (including phenoxy) is 1. The van der Waals surface area contributed by atoms with E-state index in [4.69, 9.17) is 4.74 Å². The van der Waals surface area contributed by atoms with E-state index in [1.54, 1.807) is 7.11 Å². The lowest BCUT2D eigenvalue weighted by atomic mass is 9.70. The van der Waals surface area contributed by atoms with Crippen molar-refractivity contribution in [3.05, 3.63) is 35.4 Å². The Morgan fingerprint density at radius 1 is 1.24 bits per heavy atom. The molecule has 1 aliphatic heterocycles. The van der Waals surface area contributed by atoms with Crippen LogP contribution in [0.15, 0.2) is 24.3 Å². The molecule has 1 aliphatic carbocycles. The van der Waals surface area contributed by atoms with Crippen LogP contribution in [0, 0.1) is 5.41 Å². The zero-order valence-electron chi connectivity index (χ0n) is 15.6. The first kappa shape index (κ1) is 20.2. The van der Waals surface area contributed by atoms with Crippen molar-refractivity contribution in [3.63, 3.8) is 0 Å². The predicted octanol–water partition coefficient (Wildman–Crippen LogP) is 3.35. The molecular formula is C20H31ClN2O2. The van der Waals surface area contributed by atoms with Gasteiger partial charge in [-0.25, -0.2) is 0 Å². The Balaban J connectivity index is 0.00000225. The van der Waals surface area contributed by atoms with Crippen LogP contribution in [0.2, 0.25) is 0 Å². The van der Waals surface area contributed by atoms with Crippen LogP contribution in [0.1, 0.15) is 56.7 Å². The quantitative estimate of drug-likeness (QED) is 0.859. The minimum atomic E-state index is -0.387. The Morgan fingerprint density at radius 2 is 1.92 bits per heavy atom. The summed E-state index contributed by atoms with van der Waals surface area (Å²) in [6.45, 7) is 6.85. The number of hydrogen-bond donors (Lipinski definition) is 2. The van der Waals surface area contributed by atoms with Gasteiger partial charge in [0.25, 0.3) is 0 Å². The van der Waals surface area contributed by atoms with Crippen molar-refractivity contribution in [1.29, 1.82) is 0 Å². The number of rotatable bonds is 4. The summed E-state index contributed by atoms with van der Waals surface area (Å²) in [5.41, 5.74) is 2.44. The normalized spacial score (nSPS) is 23.9. The van der Waals surface area contributed by atoms with Gasteiger partial charge < -0.3 is 15.4 Å². The van der Waals surface area contributed by atoms with E-state index < -0.39 is 0 Å². The van der Waals surface area contributed by atoms with Gasteiger partial charge in [0.05, 0.1) is 18.1 Å². The number of nitrogens with one attached hydrogen (secondary N) is 2. The van der Waals surface area contributed by atoms with E-state index >= 15 is 0 Å².